The second kappa shape index (κ2) is 5.94. The van der Waals surface area contributed by atoms with Crippen LogP contribution < -0.4 is 16.0 Å². The van der Waals surface area contributed by atoms with Gasteiger partial charge in [0.05, 0.1) is 6.61 Å². The topological polar surface area (TPSA) is 93.3 Å². The summed E-state index contributed by atoms with van der Waals surface area (Å²) in [7, 11) is 0. The maximum atomic E-state index is 12.7. The molecule has 0 aliphatic carbocycles. The van der Waals surface area contributed by atoms with Crippen LogP contribution in [0.5, 0.6) is 11.6 Å². The second-order valence-corrected chi connectivity index (χ2v) is 3.96. The quantitative estimate of drug-likeness (QED) is 0.591. The third-order valence-corrected chi connectivity index (χ3v) is 2.45. The number of nitrogens with one attached hydrogen (secondary N) is 1. The number of halogens is 3. The highest BCUT2D eigenvalue weighted by Gasteiger charge is 2.34. The van der Waals surface area contributed by atoms with Crippen LogP contribution >= 0.6 is 0 Å². The first kappa shape index (κ1) is 15.0. The van der Waals surface area contributed by atoms with Crippen LogP contribution in [0.3, 0.4) is 0 Å². The van der Waals surface area contributed by atoms with Gasteiger partial charge in [0, 0.05) is 6.07 Å². The summed E-state index contributed by atoms with van der Waals surface area (Å²) in [5, 5.41) is 8.90. The highest BCUT2D eigenvalue weighted by atomic mass is 19.4. The molecule has 0 amide bonds. The summed E-state index contributed by atoms with van der Waals surface area (Å²) in [6.07, 6.45) is -4.65. The number of benzene rings is 1. The molecule has 0 saturated carbocycles. The second-order valence-electron chi connectivity index (χ2n) is 3.96. The van der Waals surface area contributed by atoms with Gasteiger partial charge in [-0.3, -0.25) is 5.43 Å². The number of ether oxygens (including phenoxy) is 1. The molecule has 0 saturated heterocycles. The van der Waals surface area contributed by atoms with Gasteiger partial charge < -0.3 is 9.84 Å². The SMILES string of the molecule is NNc1nc(Oc2ccc(CO)cc2)cc(C(F)(F)F)n1. The number of aromatic nitrogens is 2. The lowest BCUT2D eigenvalue weighted by Crippen LogP contribution is -2.15. The summed E-state index contributed by atoms with van der Waals surface area (Å²) in [6, 6.07) is 6.81. The van der Waals surface area contributed by atoms with E-state index in [2.05, 4.69) is 9.97 Å². The van der Waals surface area contributed by atoms with E-state index in [1.807, 2.05) is 5.43 Å². The standard InChI is InChI=1S/C12H11F3N4O2/c13-12(14,15)9-5-10(18-11(17-9)19-16)21-8-3-1-7(6-20)2-4-8/h1-5,20H,6,16H2,(H,17,18,19). The first-order chi connectivity index (χ1) is 9.92. The molecule has 1 aromatic heterocycles. The first-order valence-corrected chi connectivity index (χ1v) is 5.73. The third-order valence-electron chi connectivity index (χ3n) is 2.45. The third kappa shape index (κ3) is 3.80. The monoisotopic (exact) mass is 300 g/mol. The Morgan fingerprint density at radius 1 is 1.19 bits per heavy atom. The number of anilines is 1. The van der Waals surface area contributed by atoms with Crippen molar-refractivity contribution in [3.8, 4) is 11.6 Å². The Kier molecular flexibility index (Phi) is 4.24. The highest BCUT2D eigenvalue weighted by Crippen LogP contribution is 2.31. The lowest BCUT2D eigenvalue weighted by molar-refractivity contribution is -0.141. The number of alkyl halides is 3. The van der Waals surface area contributed by atoms with Gasteiger partial charge in [-0.15, -0.1) is 0 Å². The van der Waals surface area contributed by atoms with Gasteiger partial charge in [0.1, 0.15) is 5.75 Å². The maximum Gasteiger partial charge on any atom is 0.433 e. The van der Waals surface area contributed by atoms with Gasteiger partial charge >= 0.3 is 6.18 Å². The number of hydrazine groups is 1. The average molecular weight is 300 g/mol. The minimum absolute atomic E-state index is 0.146. The average Bonchev–Trinajstić information content (AvgIpc) is 2.46. The molecule has 21 heavy (non-hydrogen) atoms. The van der Waals surface area contributed by atoms with Crippen LogP contribution in [-0.2, 0) is 12.8 Å². The summed E-state index contributed by atoms with van der Waals surface area (Å²) < 4.78 is 43.3. The van der Waals surface area contributed by atoms with Crippen LogP contribution in [0.15, 0.2) is 30.3 Å². The number of nitrogens with zero attached hydrogens (tertiary/aromatic N) is 2. The van der Waals surface area contributed by atoms with Gasteiger partial charge in [-0.1, -0.05) is 12.1 Å². The van der Waals surface area contributed by atoms with Crippen LogP contribution in [-0.4, -0.2) is 15.1 Å². The molecule has 0 spiro atoms. The van der Waals surface area contributed by atoms with Gasteiger partial charge in [-0.25, -0.2) is 10.8 Å². The van der Waals surface area contributed by atoms with E-state index in [0.717, 1.165) is 0 Å². The van der Waals surface area contributed by atoms with E-state index < -0.39 is 17.8 Å². The van der Waals surface area contributed by atoms with Gasteiger partial charge in [0.2, 0.25) is 11.8 Å². The molecule has 1 aromatic carbocycles. The van der Waals surface area contributed by atoms with Crippen LogP contribution in [0, 0.1) is 0 Å². The fourth-order valence-corrected chi connectivity index (χ4v) is 1.47. The number of nitrogens with two attached hydrogens (primary N) is 1. The maximum absolute atomic E-state index is 12.7. The predicted molar refractivity (Wildman–Crippen MR) is 67.3 cm³/mol. The molecule has 0 aliphatic rings. The van der Waals surface area contributed by atoms with E-state index in [1.54, 1.807) is 12.1 Å². The summed E-state index contributed by atoms with van der Waals surface area (Å²) in [5.74, 6) is 4.59. The van der Waals surface area contributed by atoms with Crippen LogP contribution in [0.25, 0.3) is 0 Å². The fraction of sp³-hybridized carbons (Fsp3) is 0.167. The molecule has 0 bridgehead atoms. The van der Waals surface area contributed by atoms with Crippen molar-refractivity contribution in [3.63, 3.8) is 0 Å². The molecular formula is C12H11F3N4O2. The highest BCUT2D eigenvalue weighted by molar-refractivity contribution is 5.35. The van der Waals surface area contributed by atoms with E-state index >= 15 is 0 Å². The minimum Gasteiger partial charge on any atom is -0.439 e. The van der Waals surface area contributed by atoms with E-state index in [1.165, 1.54) is 12.1 Å². The molecule has 0 radical (unpaired) electrons. The lowest BCUT2D eigenvalue weighted by Gasteiger charge is -2.10. The molecule has 6 nitrogen and oxygen atoms in total. The van der Waals surface area contributed by atoms with Crippen LogP contribution in [0.4, 0.5) is 19.1 Å². The van der Waals surface area contributed by atoms with Crippen molar-refractivity contribution in [1.29, 1.82) is 0 Å². The van der Waals surface area contributed by atoms with E-state index in [4.69, 9.17) is 15.7 Å². The van der Waals surface area contributed by atoms with Crippen molar-refractivity contribution in [2.24, 2.45) is 5.84 Å². The summed E-state index contributed by atoms with van der Waals surface area (Å²) in [4.78, 5) is 6.89. The molecule has 4 N–H and O–H groups in total. The van der Waals surface area contributed by atoms with Crippen molar-refractivity contribution in [1.82, 2.24) is 9.97 Å². The number of hydrogen-bond acceptors (Lipinski definition) is 6. The molecule has 0 unspecified atom stereocenters. The smallest absolute Gasteiger partial charge is 0.433 e. The minimum atomic E-state index is -4.65. The van der Waals surface area contributed by atoms with Gasteiger partial charge in [-0.2, -0.15) is 18.2 Å². The molecule has 1 heterocycles. The van der Waals surface area contributed by atoms with Gasteiger partial charge in [-0.05, 0) is 17.7 Å². The number of rotatable bonds is 4. The first-order valence-electron chi connectivity index (χ1n) is 5.73. The number of nitrogen functional groups attached to an aromatic ring is 1. The Morgan fingerprint density at radius 3 is 2.38 bits per heavy atom. The normalized spacial score (nSPS) is 11.3. The summed E-state index contributed by atoms with van der Waals surface area (Å²) in [6.45, 7) is -0.146. The Balaban J connectivity index is 2.29. The Bertz CT molecular complexity index is 617. The Labute approximate surface area is 117 Å². The number of aliphatic hydroxyl groups excluding tert-OH is 1. The molecule has 0 aliphatic heterocycles. The van der Waals surface area contributed by atoms with Gasteiger partial charge in [0.25, 0.3) is 0 Å². The van der Waals surface area contributed by atoms with Crippen molar-refractivity contribution in [2.75, 3.05) is 5.43 Å². The predicted octanol–water partition coefficient (Wildman–Crippen LogP) is 2.07. The lowest BCUT2D eigenvalue weighted by atomic mass is 10.2. The number of aliphatic hydroxyl groups is 1. The zero-order chi connectivity index (χ0) is 15.5. The molecule has 0 fully saturated rings. The van der Waals surface area contributed by atoms with Crippen molar-refractivity contribution in [3.05, 3.63) is 41.6 Å². The zero-order valence-electron chi connectivity index (χ0n) is 10.6. The molecule has 112 valence electrons. The largest absolute Gasteiger partial charge is 0.439 e. The fourth-order valence-electron chi connectivity index (χ4n) is 1.47. The van der Waals surface area contributed by atoms with Crippen molar-refractivity contribution in [2.45, 2.75) is 12.8 Å². The zero-order valence-corrected chi connectivity index (χ0v) is 10.6. The van der Waals surface area contributed by atoms with Gasteiger partial charge in [0.15, 0.2) is 5.69 Å². The van der Waals surface area contributed by atoms with E-state index in [0.29, 0.717) is 11.6 Å². The van der Waals surface area contributed by atoms with Crippen LogP contribution in [0.1, 0.15) is 11.3 Å². The molecule has 0 atom stereocenters. The Hall–Kier alpha value is -2.39. The van der Waals surface area contributed by atoms with E-state index in [-0.39, 0.29) is 18.2 Å². The van der Waals surface area contributed by atoms with Crippen molar-refractivity contribution < 1.29 is 23.0 Å². The Morgan fingerprint density at radius 2 is 1.86 bits per heavy atom. The number of hydrogen-bond donors (Lipinski definition) is 3. The summed E-state index contributed by atoms with van der Waals surface area (Å²) in [5.41, 5.74) is 1.42. The van der Waals surface area contributed by atoms with Crippen LogP contribution in [0.2, 0.25) is 0 Å². The van der Waals surface area contributed by atoms with Crippen molar-refractivity contribution >= 4 is 5.95 Å². The molecular weight excluding hydrogens is 289 g/mol. The molecule has 2 rings (SSSR count). The molecule has 2 aromatic rings. The summed E-state index contributed by atoms with van der Waals surface area (Å²) >= 11 is 0. The van der Waals surface area contributed by atoms with E-state index in [9.17, 15) is 13.2 Å². The molecule has 9 heteroatoms.